The molecule has 1 unspecified atom stereocenters. The van der Waals surface area contributed by atoms with Crippen molar-refractivity contribution in [1.29, 1.82) is 0 Å². The Labute approximate surface area is 95.4 Å². The highest BCUT2D eigenvalue weighted by Crippen LogP contribution is 2.23. The highest BCUT2D eigenvalue weighted by atomic mass is 15.1. The van der Waals surface area contributed by atoms with Crippen LogP contribution in [0, 0.1) is 11.3 Å². The van der Waals surface area contributed by atoms with Gasteiger partial charge in [0.05, 0.1) is 0 Å². The van der Waals surface area contributed by atoms with E-state index in [4.69, 9.17) is 0 Å². The normalized spacial score (nSPS) is 24.4. The molecule has 90 valence electrons. The summed E-state index contributed by atoms with van der Waals surface area (Å²) in [6, 6.07) is 0. The van der Waals surface area contributed by atoms with Crippen LogP contribution in [0.25, 0.3) is 0 Å². The minimum absolute atomic E-state index is 0.407. The van der Waals surface area contributed by atoms with Crippen LogP contribution in [-0.4, -0.2) is 38.1 Å². The van der Waals surface area contributed by atoms with Gasteiger partial charge in [0, 0.05) is 19.6 Å². The van der Waals surface area contributed by atoms with Crippen LogP contribution in [0.3, 0.4) is 0 Å². The number of piperidine rings is 1. The first-order valence-electron chi connectivity index (χ1n) is 6.44. The molecule has 1 heterocycles. The predicted octanol–water partition coefficient (Wildman–Crippen LogP) is 2.35. The summed E-state index contributed by atoms with van der Waals surface area (Å²) in [5, 5.41) is 3.30. The molecule has 2 heteroatoms. The van der Waals surface area contributed by atoms with E-state index in [1.165, 1.54) is 38.9 Å². The van der Waals surface area contributed by atoms with E-state index in [2.05, 4.69) is 31.0 Å². The predicted molar refractivity (Wildman–Crippen MR) is 67.2 cm³/mol. The van der Waals surface area contributed by atoms with Crippen LogP contribution in [0.4, 0.5) is 0 Å². The maximum Gasteiger partial charge on any atom is 0.00449 e. The molecule has 1 aliphatic heterocycles. The van der Waals surface area contributed by atoms with Gasteiger partial charge in [0.15, 0.2) is 0 Å². The SMILES string of the molecule is CCC1CCCN(CC(C)(C)CNC)C1. The van der Waals surface area contributed by atoms with E-state index in [9.17, 15) is 0 Å². The summed E-state index contributed by atoms with van der Waals surface area (Å²) < 4.78 is 0. The van der Waals surface area contributed by atoms with Crippen LogP contribution in [0.5, 0.6) is 0 Å². The lowest BCUT2D eigenvalue weighted by Gasteiger charge is -2.37. The van der Waals surface area contributed by atoms with Gasteiger partial charge in [-0.1, -0.05) is 27.2 Å². The first-order chi connectivity index (χ1) is 7.07. The summed E-state index contributed by atoms with van der Waals surface area (Å²) in [7, 11) is 2.05. The highest BCUT2D eigenvalue weighted by molar-refractivity contribution is 4.79. The minimum Gasteiger partial charge on any atom is -0.319 e. The topological polar surface area (TPSA) is 15.3 Å². The van der Waals surface area contributed by atoms with Crippen molar-refractivity contribution in [2.75, 3.05) is 33.2 Å². The Hall–Kier alpha value is -0.0800. The van der Waals surface area contributed by atoms with Gasteiger partial charge < -0.3 is 10.2 Å². The van der Waals surface area contributed by atoms with Crippen molar-refractivity contribution in [3.8, 4) is 0 Å². The molecule has 0 radical (unpaired) electrons. The molecule has 0 saturated carbocycles. The lowest BCUT2D eigenvalue weighted by atomic mass is 9.89. The summed E-state index contributed by atoms with van der Waals surface area (Å²) in [4.78, 5) is 2.66. The summed E-state index contributed by atoms with van der Waals surface area (Å²) in [5.41, 5.74) is 0.407. The summed E-state index contributed by atoms with van der Waals surface area (Å²) in [6.45, 7) is 12.0. The van der Waals surface area contributed by atoms with E-state index in [1.54, 1.807) is 0 Å². The maximum absolute atomic E-state index is 3.30. The third-order valence-electron chi connectivity index (χ3n) is 3.49. The van der Waals surface area contributed by atoms with Crippen molar-refractivity contribution in [3.63, 3.8) is 0 Å². The molecule has 15 heavy (non-hydrogen) atoms. The van der Waals surface area contributed by atoms with Crippen LogP contribution in [0.15, 0.2) is 0 Å². The fourth-order valence-corrected chi connectivity index (χ4v) is 2.77. The average molecular weight is 212 g/mol. The molecule has 0 aromatic carbocycles. The highest BCUT2D eigenvalue weighted by Gasteiger charge is 2.25. The van der Waals surface area contributed by atoms with Gasteiger partial charge in [-0.05, 0) is 37.8 Å². The Morgan fingerprint density at radius 1 is 1.40 bits per heavy atom. The first kappa shape index (κ1) is 13.0. The van der Waals surface area contributed by atoms with Crippen molar-refractivity contribution >= 4 is 0 Å². The molecule has 2 nitrogen and oxygen atoms in total. The zero-order chi connectivity index (χ0) is 11.3. The van der Waals surface area contributed by atoms with Crippen LogP contribution >= 0.6 is 0 Å². The van der Waals surface area contributed by atoms with Gasteiger partial charge in [0.2, 0.25) is 0 Å². The molecule has 0 aromatic heterocycles. The monoisotopic (exact) mass is 212 g/mol. The number of nitrogens with zero attached hydrogens (tertiary/aromatic N) is 1. The second-order valence-electron chi connectivity index (χ2n) is 5.85. The molecule has 0 bridgehead atoms. The largest absolute Gasteiger partial charge is 0.319 e. The molecule has 1 rings (SSSR count). The van der Waals surface area contributed by atoms with Crippen molar-refractivity contribution in [2.24, 2.45) is 11.3 Å². The molecule has 0 spiro atoms. The molecule has 1 aliphatic rings. The van der Waals surface area contributed by atoms with E-state index in [0.717, 1.165) is 12.5 Å². The van der Waals surface area contributed by atoms with Gasteiger partial charge in [-0.15, -0.1) is 0 Å². The average Bonchev–Trinajstić information content (AvgIpc) is 2.17. The van der Waals surface area contributed by atoms with Crippen molar-refractivity contribution < 1.29 is 0 Å². The van der Waals surface area contributed by atoms with E-state index < -0.39 is 0 Å². The minimum atomic E-state index is 0.407. The lowest BCUT2D eigenvalue weighted by molar-refractivity contribution is 0.119. The first-order valence-corrected chi connectivity index (χ1v) is 6.44. The van der Waals surface area contributed by atoms with Gasteiger partial charge in [0.1, 0.15) is 0 Å². The molecule has 1 atom stereocenters. The molecule has 0 amide bonds. The molecule has 0 aromatic rings. The van der Waals surface area contributed by atoms with Gasteiger partial charge in [-0.25, -0.2) is 0 Å². The molecular formula is C13H28N2. The number of nitrogens with one attached hydrogen (secondary N) is 1. The number of hydrogen-bond acceptors (Lipinski definition) is 2. The van der Waals surface area contributed by atoms with E-state index in [0.29, 0.717) is 5.41 Å². The van der Waals surface area contributed by atoms with Crippen molar-refractivity contribution in [1.82, 2.24) is 10.2 Å². The Morgan fingerprint density at radius 2 is 2.13 bits per heavy atom. The Bertz CT molecular complexity index is 177. The van der Waals surface area contributed by atoms with Gasteiger partial charge in [-0.2, -0.15) is 0 Å². The van der Waals surface area contributed by atoms with Crippen LogP contribution in [-0.2, 0) is 0 Å². The zero-order valence-corrected chi connectivity index (χ0v) is 11.0. The third-order valence-corrected chi connectivity index (χ3v) is 3.49. The summed E-state index contributed by atoms with van der Waals surface area (Å²) in [5.74, 6) is 0.948. The Balaban J connectivity index is 2.36. The van der Waals surface area contributed by atoms with Crippen molar-refractivity contribution in [3.05, 3.63) is 0 Å². The van der Waals surface area contributed by atoms with Crippen LogP contribution < -0.4 is 5.32 Å². The summed E-state index contributed by atoms with van der Waals surface area (Å²) >= 11 is 0. The van der Waals surface area contributed by atoms with Crippen LogP contribution in [0.2, 0.25) is 0 Å². The smallest absolute Gasteiger partial charge is 0.00449 e. The third kappa shape index (κ3) is 4.52. The van der Waals surface area contributed by atoms with E-state index >= 15 is 0 Å². The molecule has 1 N–H and O–H groups in total. The lowest BCUT2D eigenvalue weighted by Crippen LogP contribution is -2.44. The molecule has 0 aliphatic carbocycles. The molecule has 1 fully saturated rings. The molecule has 1 saturated heterocycles. The zero-order valence-electron chi connectivity index (χ0n) is 11.0. The van der Waals surface area contributed by atoms with Crippen LogP contribution in [0.1, 0.15) is 40.0 Å². The number of hydrogen-bond donors (Lipinski definition) is 1. The summed E-state index contributed by atoms with van der Waals surface area (Å²) in [6.07, 6.45) is 4.19. The molecular weight excluding hydrogens is 184 g/mol. The van der Waals surface area contributed by atoms with Gasteiger partial charge >= 0.3 is 0 Å². The fraction of sp³-hybridized carbons (Fsp3) is 1.00. The Morgan fingerprint density at radius 3 is 2.73 bits per heavy atom. The second kappa shape index (κ2) is 5.86. The van der Waals surface area contributed by atoms with E-state index in [1.807, 2.05) is 7.05 Å². The fourth-order valence-electron chi connectivity index (χ4n) is 2.77. The van der Waals surface area contributed by atoms with Gasteiger partial charge in [0.25, 0.3) is 0 Å². The Kier molecular flexibility index (Phi) is 5.07. The second-order valence-corrected chi connectivity index (χ2v) is 5.85. The number of rotatable bonds is 5. The number of likely N-dealkylation sites (tertiary alicyclic amines) is 1. The van der Waals surface area contributed by atoms with Gasteiger partial charge in [-0.3, -0.25) is 0 Å². The quantitative estimate of drug-likeness (QED) is 0.752. The standard InChI is InChI=1S/C13H28N2/c1-5-12-7-6-8-15(9-12)11-13(2,3)10-14-4/h12,14H,5-11H2,1-4H3. The van der Waals surface area contributed by atoms with Crippen molar-refractivity contribution in [2.45, 2.75) is 40.0 Å². The maximum atomic E-state index is 3.30. The van der Waals surface area contributed by atoms with E-state index in [-0.39, 0.29) is 0 Å².